The molecular formula is C16H24BrN. The maximum atomic E-state index is 3.76. The lowest BCUT2D eigenvalue weighted by Crippen LogP contribution is -2.49. The van der Waals surface area contributed by atoms with Gasteiger partial charge in [0.1, 0.15) is 0 Å². The van der Waals surface area contributed by atoms with E-state index >= 15 is 0 Å². The summed E-state index contributed by atoms with van der Waals surface area (Å²) in [6.45, 7) is 9.20. The minimum atomic E-state index is 0.348. The zero-order chi connectivity index (χ0) is 13.3. The average Bonchev–Trinajstić information content (AvgIpc) is 2.20. The van der Waals surface area contributed by atoms with Crippen molar-refractivity contribution in [2.24, 2.45) is 5.41 Å². The molecule has 0 aromatic heterocycles. The van der Waals surface area contributed by atoms with Crippen molar-refractivity contribution in [3.8, 4) is 0 Å². The highest BCUT2D eigenvalue weighted by molar-refractivity contribution is 9.10. The molecule has 0 saturated heterocycles. The van der Waals surface area contributed by atoms with Gasteiger partial charge in [0.15, 0.2) is 0 Å². The van der Waals surface area contributed by atoms with E-state index < -0.39 is 0 Å². The van der Waals surface area contributed by atoms with E-state index in [4.69, 9.17) is 0 Å². The van der Waals surface area contributed by atoms with Gasteiger partial charge in [-0.3, -0.25) is 0 Å². The Morgan fingerprint density at radius 1 is 1.28 bits per heavy atom. The lowest BCUT2D eigenvalue weighted by atomic mass is 9.74. The Morgan fingerprint density at radius 2 is 1.94 bits per heavy atom. The smallest absolute Gasteiger partial charge is 0.0178 e. The minimum absolute atomic E-state index is 0.348. The van der Waals surface area contributed by atoms with Crippen molar-refractivity contribution in [1.82, 2.24) is 5.32 Å². The third kappa shape index (κ3) is 3.36. The van der Waals surface area contributed by atoms with Gasteiger partial charge in [-0.25, -0.2) is 0 Å². The highest BCUT2D eigenvalue weighted by Crippen LogP contribution is 2.38. The normalized spacial score (nSPS) is 25.6. The van der Waals surface area contributed by atoms with Crippen molar-refractivity contribution in [3.05, 3.63) is 34.3 Å². The molecule has 1 aliphatic carbocycles. The molecule has 1 fully saturated rings. The third-order valence-corrected chi connectivity index (χ3v) is 4.74. The van der Waals surface area contributed by atoms with E-state index in [0.29, 0.717) is 17.5 Å². The van der Waals surface area contributed by atoms with Gasteiger partial charge < -0.3 is 5.32 Å². The number of hydrogen-bond donors (Lipinski definition) is 1. The second kappa shape index (κ2) is 5.34. The molecule has 1 nitrogen and oxygen atoms in total. The summed E-state index contributed by atoms with van der Waals surface area (Å²) in [7, 11) is 0. The summed E-state index contributed by atoms with van der Waals surface area (Å²) in [5, 5.41) is 3.76. The van der Waals surface area contributed by atoms with Crippen LogP contribution in [0.25, 0.3) is 0 Å². The molecule has 0 spiro atoms. The molecule has 1 aliphatic rings. The first-order valence-corrected chi connectivity index (χ1v) is 7.67. The molecule has 0 aliphatic heterocycles. The van der Waals surface area contributed by atoms with E-state index in [1.807, 2.05) is 0 Å². The molecule has 1 aromatic rings. The molecule has 1 saturated carbocycles. The van der Waals surface area contributed by atoms with Gasteiger partial charge in [0.2, 0.25) is 0 Å². The van der Waals surface area contributed by atoms with Crippen molar-refractivity contribution >= 4 is 15.9 Å². The van der Waals surface area contributed by atoms with Crippen LogP contribution in [0.3, 0.4) is 0 Å². The molecule has 2 heteroatoms. The van der Waals surface area contributed by atoms with Crippen LogP contribution in [0, 0.1) is 5.41 Å². The Balaban J connectivity index is 1.84. The van der Waals surface area contributed by atoms with Crippen LogP contribution in [0.4, 0.5) is 0 Å². The first-order chi connectivity index (χ1) is 8.36. The summed E-state index contributed by atoms with van der Waals surface area (Å²) in [4.78, 5) is 0. The van der Waals surface area contributed by atoms with Crippen LogP contribution < -0.4 is 5.32 Å². The molecule has 0 heterocycles. The SMILES string of the molecule is CC(NC1CC(c2cccc(Br)c2)C1)C(C)(C)C. The van der Waals surface area contributed by atoms with Crippen LogP contribution in [0.1, 0.15) is 52.0 Å². The molecule has 0 amide bonds. The predicted octanol–water partition coefficient (Wildman–Crippen LogP) is 4.72. The quantitative estimate of drug-likeness (QED) is 0.852. The molecule has 0 radical (unpaired) electrons. The van der Waals surface area contributed by atoms with E-state index in [1.54, 1.807) is 0 Å². The highest BCUT2D eigenvalue weighted by Gasteiger charge is 2.33. The molecule has 0 bridgehead atoms. The molecule has 100 valence electrons. The van der Waals surface area contributed by atoms with Gasteiger partial charge in [0.05, 0.1) is 0 Å². The van der Waals surface area contributed by atoms with Crippen LogP contribution in [0.15, 0.2) is 28.7 Å². The summed E-state index contributed by atoms with van der Waals surface area (Å²) < 4.78 is 1.19. The zero-order valence-electron chi connectivity index (χ0n) is 11.8. The van der Waals surface area contributed by atoms with Crippen molar-refractivity contribution in [2.75, 3.05) is 0 Å². The van der Waals surface area contributed by atoms with Crippen LogP contribution in [0.5, 0.6) is 0 Å². The van der Waals surface area contributed by atoms with Crippen LogP contribution in [0.2, 0.25) is 0 Å². The van der Waals surface area contributed by atoms with Gasteiger partial charge in [-0.2, -0.15) is 0 Å². The maximum Gasteiger partial charge on any atom is 0.0178 e. The second-order valence-electron chi connectivity index (χ2n) is 6.67. The van der Waals surface area contributed by atoms with E-state index in [-0.39, 0.29) is 0 Å². The summed E-state index contributed by atoms with van der Waals surface area (Å²) in [5.41, 5.74) is 1.83. The molecule has 2 rings (SSSR count). The molecule has 1 aromatic carbocycles. The summed E-state index contributed by atoms with van der Waals surface area (Å²) in [5.74, 6) is 0.743. The third-order valence-electron chi connectivity index (χ3n) is 4.24. The van der Waals surface area contributed by atoms with Gasteiger partial charge in [-0.1, -0.05) is 48.8 Å². The highest BCUT2D eigenvalue weighted by atomic mass is 79.9. The summed E-state index contributed by atoms with van der Waals surface area (Å²) >= 11 is 3.55. The fraction of sp³-hybridized carbons (Fsp3) is 0.625. The standard InChI is InChI=1S/C16H24BrN/c1-11(16(2,3)4)18-15-9-13(10-15)12-6-5-7-14(17)8-12/h5-8,11,13,15,18H,9-10H2,1-4H3. The van der Waals surface area contributed by atoms with Gasteiger partial charge >= 0.3 is 0 Å². The van der Waals surface area contributed by atoms with E-state index in [9.17, 15) is 0 Å². The number of rotatable bonds is 3. The molecule has 18 heavy (non-hydrogen) atoms. The molecule has 1 atom stereocenters. The Hall–Kier alpha value is -0.340. The molecule has 1 unspecified atom stereocenters. The topological polar surface area (TPSA) is 12.0 Å². The molecule has 1 N–H and O–H groups in total. The van der Waals surface area contributed by atoms with E-state index in [0.717, 1.165) is 5.92 Å². The van der Waals surface area contributed by atoms with E-state index in [1.165, 1.54) is 22.9 Å². The minimum Gasteiger partial charge on any atom is -0.311 e. The van der Waals surface area contributed by atoms with Crippen LogP contribution in [-0.4, -0.2) is 12.1 Å². The van der Waals surface area contributed by atoms with Gasteiger partial charge in [-0.15, -0.1) is 0 Å². The summed E-state index contributed by atoms with van der Waals surface area (Å²) in [6.07, 6.45) is 2.55. The van der Waals surface area contributed by atoms with Crippen molar-refractivity contribution < 1.29 is 0 Å². The average molecular weight is 310 g/mol. The van der Waals surface area contributed by atoms with Crippen molar-refractivity contribution in [2.45, 2.75) is 58.5 Å². The first kappa shape index (κ1) is 14.1. The Labute approximate surface area is 119 Å². The maximum absolute atomic E-state index is 3.76. The monoisotopic (exact) mass is 309 g/mol. The largest absolute Gasteiger partial charge is 0.311 e. The Morgan fingerprint density at radius 3 is 2.50 bits per heavy atom. The lowest BCUT2D eigenvalue weighted by Gasteiger charge is -2.41. The fourth-order valence-corrected chi connectivity index (χ4v) is 2.81. The van der Waals surface area contributed by atoms with Gasteiger partial charge in [0, 0.05) is 16.6 Å². The van der Waals surface area contributed by atoms with Crippen LogP contribution in [-0.2, 0) is 0 Å². The molecular weight excluding hydrogens is 286 g/mol. The van der Waals surface area contributed by atoms with Gasteiger partial charge in [0.25, 0.3) is 0 Å². The number of hydrogen-bond acceptors (Lipinski definition) is 1. The number of benzene rings is 1. The Kier molecular flexibility index (Phi) is 4.18. The summed E-state index contributed by atoms with van der Waals surface area (Å²) in [6, 6.07) is 10.0. The van der Waals surface area contributed by atoms with E-state index in [2.05, 4.69) is 73.2 Å². The van der Waals surface area contributed by atoms with Crippen LogP contribution >= 0.6 is 15.9 Å². The predicted molar refractivity (Wildman–Crippen MR) is 82.0 cm³/mol. The zero-order valence-corrected chi connectivity index (χ0v) is 13.4. The lowest BCUT2D eigenvalue weighted by molar-refractivity contribution is 0.203. The first-order valence-electron chi connectivity index (χ1n) is 6.88. The van der Waals surface area contributed by atoms with Crippen molar-refractivity contribution in [3.63, 3.8) is 0 Å². The Bertz CT molecular complexity index is 402. The van der Waals surface area contributed by atoms with Gasteiger partial charge in [-0.05, 0) is 48.8 Å². The fourth-order valence-electron chi connectivity index (χ4n) is 2.39. The second-order valence-corrected chi connectivity index (χ2v) is 7.59. The number of nitrogens with one attached hydrogen (secondary N) is 1. The number of halogens is 1. The van der Waals surface area contributed by atoms with Crippen molar-refractivity contribution in [1.29, 1.82) is 0 Å².